The molecule has 5 heteroatoms. The van der Waals surface area contributed by atoms with E-state index in [1.807, 2.05) is 0 Å². The molecule has 0 aliphatic heterocycles. The van der Waals surface area contributed by atoms with Crippen molar-refractivity contribution in [3.8, 4) is 0 Å². The first-order valence-electron chi connectivity index (χ1n) is 37.4. The Labute approximate surface area is 546 Å². The molecule has 0 rings (SSSR count). The third-order valence-corrected chi connectivity index (χ3v) is 16.1. The molecule has 0 aromatic carbocycles. The summed E-state index contributed by atoms with van der Waals surface area (Å²) in [7, 11) is 0. The number of ether oxygens (including phenoxy) is 2. The van der Waals surface area contributed by atoms with Crippen LogP contribution in [0.1, 0.15) is 348 Å². The van der Waals surface area contributed by atoms with Crippen LogP contribution in [-0.4, -0.2) is 36.4 Å². The Morgan fingerprint density at radius 3 is 0.682 bits per heavy atom. The quantitative estimate of drug-likeness (QED) is 0.0373. The first-order valence-corrected chi connectivity index (χ1v) is 37.4. The van der Waals surface area contributed by atoms with Gasteiger partial charge in [0, 0.05) is 12.8 Å². The molecule has 1 unspecified atom stereocenters. The second kappa shape index (κ2) is 77.0. The Morgan fingerprint density at radius 2 is 0.455 bits per heavy atom. The maximum atomic E-state index is 12.4. The van der Waals surface area contributed by atoms with E-state index < -0.39 is 6.10 Å². The van der Waals surface area contributed by atoms with Crippen LogP contribution in [0.4, 0.5) is 0 Å². The van der Waals surface area contributed by atoms with Crippen molar-refractivity contribution in [1.82, 2.24) is 0 Å². The highest BCUT2D eigenvalue weighted by Gasteiger charge is 2.16. The Morgan fingerprint density at radius 1 is 0.261 bits per heavy atom. The smallest absolute Gasteiger partial charge is 0.306 e. The maximum absolute atomic E-state index is 12.4. The molecular weight excluding hydrogens is 1080 g/mol. The van der Waals surface area contributed by atoms with Crippen LogP contribution in [0.2, 0.25) is 0 Å². The standard InChI is InChI=1S/C83H140O5/c1-3-5-7-9-11-13-15-17-19-21-23-25-27-29-31-33-35-37-38-39-40-41-42-43-44-46-47-49-51-53-55-57-59-61-63-65-67-69-71-73-75-77-82(85)87-80-81(79-84)88-83(86)78-76-74-72-70-68-66-64-62-60-58-56-54-52-50-48-45-36-34-32-30-28-26-24-22-20-18-16-14-12-10-8-6-4-2/h5-8,11-14,17-20,23-26,30,32,36,45,50,52,56,58,81,84H,3-4,9-10,15-16,21-22,27-29,31,33-35,37-44,46-49,51,53-55,57,59-80H2,1-2H3/b7-5-,8-6-,13-11-,14-12-,19-17-,20-18-,25-23-,26-24-,32-30-,45-36-,52-50-,58-56-. The van der Waals surface area contributed by atoms with Crippen LogP contribution < -0.4 is 0 Å². The van der Waals surface area contributed by atoms with Gasteiger partial charge in [-0.05, 0) is 116 Å². The summed E-state index contributed by atoms with van der Waals surface area (Å²) in [6.45, 7) is 3.93. The van der Waals surface area contributed by atoms with Crippen LogP contribution in [0, 0.1) is 0 Å². The second-order valence-electron chi connectivity index (χ2n) is 24.6. The van der Waals surface area contributed by atoms with Crippen LogP contribution in [0.5, 0.6) is 0 Å². The third-order valence-electron chi connectivity index (χ3n) is 16.1. The number of hydrogen-bond donors (Lipinski definition) is 1. The fourth-order valence-corrected chi connectivity index (χ4v) is 10.6. The van der Waals surface area contributed by atoms with Crippen LogP contribution in [0.3, 0.4) is 0 Å². The van der Waals surface area contributed by atoms with Crippen LogP contribution >= 0.6 is 0 Å². The average Bonchev–Trinajstić information content (AvgIpc) is 3.56. The summed E-state index contributed by atoms with van der Waals surface area (Å²) in [5, 5.41) is 9.71. The summed E-state index contributed by atoms with van der Waals surface area (Å²) in [6.07, 6.45) is 116. The van der Waals surface area contributed by atoms with E-state index in [2.05, 4.69) is 160 Å². The van der Waals surface area contributed by atoms with Crippen molar-refractivity contribution in [2.24, 2.45) is 0 Å². The molecule has 0 aliphatic rings. The second-order valence-corrected chi connectivity index (χ2v) is 24.6. The van der Waals surface area contributed by atoms with Gasteiger partial charge in [-0.1, -0.05) is 365 Å². The summed E-state index contributed by atoms with van der Waals surface area (Å²) in [5.74, 6) is -0.593. The molecule has 5 nitrogen and oxygen atoms in total. The van der Waals surface area contributed by atoms with Crippen LogP contribution in [0.25, 0.3) is 0 Å². The number of allylic oxidation sites excluding steroid dienone is 24. The number of hydrogen-bond acceptors (Lipinski definition) is 5. The number of aliphatic hydroxyl groups is 1. The van der Waals surface area contributed by atoms with Gasteiger partial charge in [-0.3, -0.25) is 9.59 Å². The van der Waals surface area contributed by atoms with E-state index in [1.54, 1.807) is 0 Å². The van der Waals surface area contributed by atoms with Gasteiger partial charge in [0.2, 0.25) is 0 Å². The van der Waals surface area contributed by atoms with Crippen molar-refractivity contribution >= 4 is 11.9 Å². The molecule has 0 saturated heterocycles. The molecule has 0 aliphatic carbocycles. The Bertz CT molecular complexity index is 1810. The fourth-order valence-electron chi connectivity index (χ4n) is 10.6. The SMILES string of the molecule is CC/C=C\C/C=C\C/C=C\C/C=C\C/C=C\C/C=C\C/C=C\C/C=C\CCCCCCCCCCC(=O)OC(CO)COC(=O)CCCCCCCCCCCCCCCCCCCCCCCCCCCCCC/C=C\C/C=C\C/C=C\C/C=C\CC. The minimum absolute atomic E-state index is 0.0727. The van der Waals surface area contributed by atoms with E-state index in [-0.39, 0.29) is 25.2 Å². The van der Waals surface area contributed by atoms with Gasteiger partial charge in [-0.15, -0.1) is 0 Å². The predicted molar refractivity (Wildman–Crippen MR) is 389 cm³/mol. The molecule has 0 saturated carbocycles. The van der Waals surface area contributed by atoms with Gasteiger partial charge in [0.15, 0.2) is 6.10 Å². The number of aliphatic hydroxyl groups excluding tert-OH is 1. The number of rotatable bonds is 68. The fraction of sp³-hybridized carbons (Fsp3) is 0.687. The number of unbranched alkanes of at least 4 members (excludes halogenated alkanes) is 36. The summed E-state index contributed by atoms with van der Waals surface area (Å²) in [5.41, 5.74) is 0. The molecule has 0 radical (unpaired) electrons. The molecule has 1 N–H and O–H groups in total. The molecule has 0 spiro atoms. The van der Waals surface area contributed by atoms with Crippen LogP contribution in [-0.2, 0) is 19.1 Å². The highest BCUT2D eigenvalue weighted by atomic mass is 16.6. The monoisotopic (exact) mass is 1220 g/mol. The molecule has 0 amide bonds. The van der Waals surface area contributed by atoms with Gasteiger partial charge in [-0.25, -0.2) is 0 Å². The topological polar surface area (TPSA) is 72.8 Å². The van der Waals surface area contributed by atoms with Crippen molar-refractivity contribution in [1.29, 1.82) is 0 Å². The number of esters is 2. The van der Waals surface area contributed by atoms with Gasteiger partial charge in [0.05, 0.1) is 6.61 Å². The van der Waals surface area contributed by atoms with Crippen molar-refractivity contribution in [2.75, 3.05) is 13.2 Å². The summed E-state index contributed by atoms with van der Waals surface area (Å²) in [4.78, 5) is 24.7. The van der Waals surface area contributed by atoms with Gasteiger partial charge < -0.3 is 14.6 Å². The lowest BCUT2D eigenvalue weighted by Crippen LogP contribution is -2.28. The number of carbonyl (C=O) groups excluding carboxylic acids is 2. The van der Waals surface area contributed by atoms with Crippen molar-refractivity contribution in [3.63, 3.8) is 0 Å². The Hall–Kier alpha value is -4.22. The molecule has 0 heterocycles. The Balaban J connectivity index is 3.46. The summed E-state index contributed by atoms with van der Waals surface area (Å²) >= 11 is 0. The van der Waals surface area contributed by atoms with E-state index in [4.69, 9.17) is 9.47 Å². The average molecular weight is 1220 g/mol. The molecule has 88 heavy (non-hydrogen) atoms. The van der Waals surface area contributed by atoms with Gasteiger partial charge >= 0.3 is 11.9 Å². The first-order chi connectivity index (χ1) is 43.6. The lowest BCUT2D eigenvalue weighted by atomic mass is 10.0. The lowest BCUT2D eigenvalue weighted by Gasteiger charge is -2.15. The largest absolute Gasteiger partial charge is 0.462 e. The predicted octanol–water partition coefficient (Wildman–Crippen LogP) is 26.4. The normalized spacial score (nSPS) is 13.1. The lowest BCUT2D eigenvalue weighted by molar-refractivity contribution is -0.161. The molecular formula is C83H140O5. The summed E-state index contributed by atoms with van der Waals surface area (Å²) < 4.78 is 10.8. The highest BCUT2D eigenvalue weighted by molar-refractivity contribution is 5.70. The molecule has 502 valence electrons. The van der Waals surface area contributed by atoms with E-state index in [0.717, 1.165) is 122 Å². The van der Waals surface area contributed by atoms with Gasteiger partial charge in [0.1, 0.15) is 6.61 Å². The molecule has 0 aromatic rings. The van der Waals surface area contributed by atoms with Crippen molar-refractivity contribution in [3.05, 3.63) is 146 Å². The van der Waals surface area contributed by atoms with Gasteiger partial charge in [-0.2, -0.15) is 0 Å². The van der Waals surface area contributed by atoms with E-state index in [9.17, 15) is 14.7 Å². The first kappa shape index (κ1) is 83.8. The zero-order valence-electron chi connectivity index (χ0n) is 57.7. The Kier molecular flexibility index (Phi) is 73.3. The third kappa shape index (κ3) is 74.2. The minimum atomic E-state index is -0.786. The molecule has 0 aromatic heterocycles. The van der Waals surface area contributed by atoms with E-state index in [0.29, 0.717) is 12.8 Å². The van der Waals surface area contributed by atoms with E-state index >= 15 is 0 Å². The molecule has 0 bridgehead atoms. The minimum Gasteiger partial charge on any atom is -0.462 e. The summed E-state index contributed by atoms with van der Waals surface area (Å²) in [6, 6.07) is 0. The molecule has 0 fully saturated rings. The van der Waals surface area contributed by atoms with E-state index in [1.165, 1.54) is 199 Å². The van der Waals surface area contributed by atoms with Crippen LogP contribution in [0.15, 0.2) is 146 Å². The zero-order valence-corrected chi connectivity index (χ0v) is 57.7. The van der Waals surface area contributed by atoms with Crippen molar-refractivity contribution < 1.29 is 24.2 Å². The maximum Gasteiger partial charge on any atom is 0.306 e. The zero-order chi connectivity index (χ0) is 63.3. The van der Waals surface area contributed by atoms with Gasteiger partial charge in [0.25, 0.3) is 0 Å². The van der Waals surface area contributed by atoms with Crippen molar-refractivity contribution in [2.45, 2.75) is 354 Å². The highest BCUT2D eigenvalue weighted by Crippen LogP contribution is 2.18. The number of carbonyl (C=O) groups is 2. The molecule has 1 atom stereocenters.